The summed E-state index contributed by atoms with van der Waals surface area (Å²) in [5.41, 5.74) is 7.90. The van der Waals surface area contributed by atoms with Gasteiger partial charge in [-0.2, -0.15) is 0 Å². The highest BCUT2D eigenvalue weighted by atomic mass is 15.1. The lowest BCUT2D eigenvalue weighted by molar-refractivity contribution is 1.08. The van der Waals surface area contributed by atoms with E-state index < -0.39 is 0 Å². The molecule has 7 aromatic carbocycles. The molecule has 212 valence electrons. The van der Waals surface area contributed by atoms with Crippen molar-refractivity contribution in [2.45, 2.75) is 0 Å². The Labute approximate surface area is 265 Å². The van der Waals surface area contributed by atoms with Gasteiger partial charge in [-0.25, -0.2) is 9.97 Å². The Bertz CT molecular complexity index is 3140. The normalized spacial score (nSPS) is 13.0. The third-order valence-corrected chi connectivity index (χ3v) is 9.65. The van der Waals surface area contributed by atoms with Crippen molar-refractivity contribution in [1.29, 1.82) is 0 Å². The lowest BCUT2D eigenvalue weighted by Crippen LogP contribution is -2.04. The van der Waals surface area contributed by atoms with Gasteiger partial charge < -0.3 is 4.40 Å². The molecule has 0 fully saturated rings. The lowest BCUT2D eigenvalue weighted by Gasteiger charge is -2.15. The van der Waals surface area contributed by atoms with Crippen LogP contribution < -0.4 is 0 Å². The summed E-state index contributed by atoms with van der Waals surface area (Å²) in [5, 5.41) is 8.53. The molecule has 0 saturated heterocycles. The maximum absolute atomic E-state index is 9.48. The molecule has 4 nitrogen and oxygen atoms in total. The number of aromatic nitrogens is 4. The minimum Gasteiger partial charge on any atom is -0.308 e. The average molecular weight is 587 g/mol. The van der Waals surface area contributed by atoms with E-state index >= 15 is 0 Å². The number of fused-ring (bicyclic) bond motifs is 8. The van der Waals surface area contributed by atoms with E-state index in [1.807, 2.05) is 48.5 Å². The van der Waals surface area contributed by atoms with Gasteiger partial charge in [-0.1, -0.05) is 115 Å². The molecule has 11 rings (SSSR count). The molecule has 4 heteroatoms. The number of nitrogens with zero attached hydrogens (tertiary/aromatic N) is 4. The molecule has 0 amide bonds. The fourth-order valence-corrected chi connectivity index (χ4v) is 7.76. The predicted octanol–water partition coefficient (Wildman–Crippen LogP) is 10.7. The second-order valence-electron chi connectivity index (χ2n) is 12.0. The molecule has 4 heterocycles. The van der Waals surface area contributed by atoms with Gasteiger partial charge in [0.05, 0.1) is 41.4 Å². The molecule has 0 saturated carbocycles. The van der Waals surface area contributed by atoms with Gasteiger partial charge in [0.15, 0.2) is 5.82 Å². The maximum Gasteiger partial charge on any atom is 0.165 e. The van der Waals surface area contributed by atoms with Crippen LogP contribution in [0.15, 0.2) is 146 Å². The van der Waals surface area contributed by atoms with Gasteiger partial charge in [0.1, 0.15) is 5.69 Å². The highest BCUT2D eigenvalue weighted by Crippen LogP contribution is 2.44. The van der Waals surface area contributed by atoms with Gasteiger partial charge >= 0.3 is 0 Å². The molecular formula is C42H24N4. The first kappa shape index (κ1) is 22.3. The van der Waals surface area contributed by atoms with E-state index in [0.29, 0.717) is 29.1 Å². The summed E-state index contributed by atoms with van der Waals surface area (Å²) in [7, 11) is 0. The van der Waals surface area contributed by atoms with E-state index in [0.717, 1.165) is 71.0 Å². The van der Waals surface area contributed by atoms with Crippen molar-refractivity contribution in [3.05, 3.63) is 146 Å². The summed E-state index contributed by atoms with van der Waals surface area (Å²) in [4.78, 5) is 10.8. The van der Waals surface area contributed by atoms with Gasteiger partial charge in [-0.05, 0) is 41.1 Å². The topological polar surface area (TPSA) is 35.1 Å². The van der Waals surface area contributed by atoms with Crippen LogP contribution in [0.1, 0.15) is 2.74 Å². The Morgan fingerprint density at radius 1 is 0.478 bits per heavy atom. The van der Waals surface area contributed by atoms with E-state index in [1.165, 1.54) is 10.8 Å². The van der Waals surface area contributed by atoms with Crippen molar-refractivity contribution in [3.8, 4) is 17.1 Å². The van der Waals surface area contributed by atoms with Crippen molar-refractivity contribution in [2.24, 2.45) is 0 Å². The van der Waals surface area contributed by atoms with Crippen LogP contribution in [0.3, 0.4) is 0 Å². The van der Waals surface area contributed by atoms with Crippen LogP contribution in [0.5, 0.6) is 0 Å². The Morgan fingerprint density at radius 3 is 2.04 bits per heavy atom. The van der Waals surface area contributed by atoms with Crippen LogP contribution in [0.2, 0.25) is 0 Å². The summed E-state index contributed by atoms with van der Waals surface area (Å²) in [6.07, 6.45) is 0. The Kier molecular flexibility index (Phi) is 4.20. The van der Waals surface area contributed by atoms with Crippen LogP contribution in [0.25, 0.3) is 98.8 Å². The predicted molar refractivity (Wildman–Crippen MR) is 191 cm³/mol. The number of hydrogen-bond acceptors (Lipinski definition) is 2. The number of rotatable bonds is 2. The number of para-hydroxylation sites is 2. The van der Waals surface area contributed by atoms with Crippen LogP contribution in [0.4, 0.5) is 0 Å². The highest BCUT2D eigenvalue weighted by Gasteiger charge is 2.24. The first-order chi connectivity index (χ1) is 23.7. The second-order valence-corrected chi connectivity index (χ2v) is 12.0. The largest absolute Gasteiger partial charge is 0.308 e. The van der Waals surface area contributed by atoms with Gasteiger partial charge in [0.25, 0.3) is 0 Å². The molecule has 0 bridgehead atoms. The summed E-state index contributed by atoms with van der Waals surface area (Å²) in [6.45, 7) is 0. The average Bonchev–Trinajstić information content (AvgIpc) is 3.63. The van der Waals surface area contributed by atoms with Crippen molar-refractivity contribution >= 4 is 81.7 Å². The summed E-state index contributed by atoms with van der Waals surface area (Å²) >= 11 is 0. The first-order valence-electron chi connectivity index (χ1n) is 16.5. The zero-order chi connectivity index (χ0) is 31.7. The fourth-order valence-electron chi connectivity index (χ4n) is 7.76. The van der Waals surface area contributed by atoms with Crippen LogP contribution in [-0.4, -0.2) is 18.9 Å². The van der Waals surface area contributed by atoms with Crippen LogP contribution in [-0.2, 0) is 0 Å². The number of benzene rings is 7. The second kappa shape index (κ2) is 8.68. The smallest absolute Gasteiger partial charge is 0.165 e. The zero-order valence-corrected chi connectivity index (χ0v) is 24.5. The highest BCUT2D eigenvalue weighted by molar-refractivity contribution is 6.31. The molecule has 0 N–H and O–H groups in total. The molecule has 4 aromatic heterocycles. The first-order valence-corrected chi connectivity index (χ1v) is 15.5. The van der Waals surface area contributed by atoms with E-state index in [1.54, 1.807) is 0 Å². The summed E-state index contributed by atoms with van der Waals surface area (Å²) in [5.74, 6) is 0.609. The van der Waals surface area contributed by atoms with Gasteiger partial charge in [0, 0.05) is 37.9 Å². The molecular weight excluding hydrogens is 560 g/mol. The number of hydrogen-bond donors (Lipinski definition) is 0. The van der Waals surface area contributed by atoms with E-state index in [4.69, 9.17) is 9.97 Å². The van der Waals surface area contributed by atoms with Crippen LogP contribution in [0, 0.1) is 0 Å². The molecule has 0 atom stereocenters. The third kappa shape index (κ3) is 2.98. The van der Waals surface area contributed by atoms with Crippen LogP contribution >= 0.6 is 0 Å². The summed E-state index contributed by atoms with van der Waals surface area (Å²) < 4.78 is 23.3. The van der Waals surface area contributed by atoms with Crippen molar-refractivity contribution < 1.29 is 2.74 Å². The van der Waals surface area contributed by atoms with Crippen molar-refractivity contribution in [1.82, 2.24) is 18.9 Å². The third-order valence-electron chi connectivity index (χ3n) is 9.65. The van der Waals surface area contributed by atoms with Gasteiger partial charge in [0.2, 0.25) is 0 Å². The van der Waals surface area contributed by atoms with E-state index in [2.05, 4.69) is 93.9 Å². The minimum atomic E-state index is 0.368. The Balaban J connectivity index is 1.44. The molecule has 0 unspecified atom stereocenters. The standard InChI is InChI=1S/C42H24N4/c1-2-12-26(13-3-1)39-42(44-40-27-14-5-4-11-25(27)23-24-32(40)43-39)46-34-20-9-16-29-31-18-8-17-30-28-15-6-7-19-33(28)45(41(30)31)35-21-10-22-36(46)38(35)37(29)34/h1-24H/i20D,22D. The molecule has 11 aromatic rings. The summed E-state index contributed by atoms with van der Waals surface area (Å²) in [6, 6.07) is 46.2. The maximum atomic E-state index is 9.48. The molecule has 0 aliphatic rings. The molecule has 0 spiro atoms. The quantitative estimate of drug-likeness (QED) is 0.189. The molecule has 0 aliphatic carbocycles. The lowest BCUT2D eigenvalue weighted by atomic mass is 10.0. The van der Waals surface area contributed by atoms with E-state index in [-0.39, 0.29) is 0 Å². The van der Waals surface area contributed by atoms with Crippen molar-refractivity contribution in [3.63, 3.8) is 0 Å². The SMILES string of the molecule is [2H]c1ccc2c3cccc4c5ccccc5n(c5ccc([2H])c6c5c2c1n6-c1nc2c(ccc5ccccc52)nc1-c1ccccc1)c34. The van der Waals surface area contributed by atoms with Gasteiger partial charge in [-0.15, -0.1) is 0 Å². The zero-order valence-electron chi connectivity index (χ0n) is 26.5. The molecule has 0 radical (unpaired) electrons. The Morgan fingerprint density at radius 2 is 1.15 bits per heavy atom. The van der Waals surface area contributed by atoms with Gasteiger partial charge in [-0.3, -0.25) is 4.57 Å². The van der Waals surface area contributed by atoms with Crippen molar-refractivity contribution in [2.75, 3.05) is 0 Å². The monoisotopic (exact) mass is 586 g/mol. The molecule has 0 aliphatic heterocycles. The fraction of sp³-hybridized carbons (Fsp3) is 0. The minimum absolute atomic E-state index is 0.368. The van der Waals surface area contributed by atoms with E-state index in [9.17, 15) is 2.74 Å². The Hall–Kier alpha value is -6.26. The molecule has 46 heavy (non-hydrogen) atoms.